The van der Waals surface area contributed by atoms with Crippen LogP contribution in [0.1, 0.15) is 122 Å². The van der Waals surface area contributed by atoms with Crippen LogP contribution < -0.4 is 31.3 Å². The number of carbonyl (C=O) groups excluding carboxylic acids is 6. The number of epoxide rings is 1. The van der Waals surface area contributed by atoms with E-state index in [9.17, 15) is 38.7 Å². The van der Waals surface area contributed by atoms with Gasteiger partial charge in [-0.3, -0.25) is 28.9 Å². The van der Waals surface area contributed by atoms with E-state index < -0.39 is 107 Å². The van der Waals surface area contributed by atoms with Gasteiger partial charge in [0, 0.05) is 43.8 Å². The number of methoxy groups -OCH3 is 1. The smallest absolute Gasteiger partial charge is 0.408 e. The Morgan fingerprint density at radius 2 is 1.48 bits per heavy atom. The number of benzene rings is 4. The monoisotopic (exact) mass is 1120 g/mol. The standard InChI is InChI=1S/C62H77ClN6O11/c1-34(2)52(69(60(76)77)33-45-43-19-14-12-17-41(43)42-18-13-15-20-44(42)45)57(73)65-36(4)55(71)64-32-38-23-26-40(27-24-38)54-53(80-54)35(3)49-21-16-22-51(70)67-47(30-39-25-28-50(78-11)46(63)29-39)56(72)66-37(5)62(9,10)59(75)68-48(58(74)79-49)31-61(6,7)8/h12-20,22-29,34-37,45,47-49,52-54H,21,30-33H2,1-11H3,(H,64,71)(H,65,73)(H,66,72)(H,67,70)(H,68,75)(H,76,77)/b22-16+/t35-,36-,37?,47+,48-,49-,52-,53+,54+/m0/s1. The highest BCUT2D eigenvalue weighted by atomic mass is 35.5. The topological polar surface area (TPSA) is 234 Å². The summed E-state index contributed by atoms with van der Waals surface area (Å²) in [6, 6.07) is 23.5. The SMILES string of the molecule is COc1ccc(C[C@H]2NC(=O)/C=C/C[C@@H]([C@H](C)[C@H]3O[C@@H]3c3ccc(CNC(=O)[C@H](C)NC(=O)[C@H](C(C)C)N(CC4c5ccccc5-c5ccccc54)C(=O)O)cc3)OC(=O)[C@H](CC(C)(C)C)NC(=O)C(C)(C)C(C)NC2=O)cc1Cl. The van der Waals surface area contributed by atoms with Gasteiger partial charge in [0.25, 0.3) is 0 Å². The van der Waals surface area contributed by atoms with Gasteiger partial charge in [-0.05, 0) is 103 Å². The van der Waals surface area contributed by atoms with Gasteiger partial charge < -0.3 is 45.9 Å². The van der Waals surface area contributed by atoms with E-state index in [0.717, 1.165) is 33.4 Å². The molecule has 0 aromatic heterocycles. The molecule has 3 aliphatic rings. The van der Waals surface area contributed by atoms with Gasteiger partial charge in [-0.15, -0.1) is 0 Å². The van der Waals surface area contributed by atoms with Gasteiger partial charge in [-0.2, -0.15) is 0 Å². The van der Waals surface area contributed by atoms with Crippen molar-refractivity contribution in [1.29, 1.82) is 0 Å². The first kappa shape index (κ1) is 60.4. The molecule has 2 heterocycles. The van der Waals surface area contributed by atoms with Crippen LogP contribution in [0, 0.1) is 22.7 Å². The minimum atomic E-state index is -1.23. The molecule has 1 saturated heterocycles. The van der Waals surface area contributed by atoms with Crippen molar-refractivity contribution in [2.75, 3.05) is 13.7 Å². The maximum absolute atomic E-state index is 14.3. The Morgan fingerprint density at radius 1 is 0.850 bits per heavy atom. The van der Waals surface area contributed by atoms with E-state index in [1.165, 1.54) is 18.1 Å². The third kappa shape index (κ3) is 14.6. The lowest BCUT2D eigenvalue weighted by Gasteiger charge is -2.35. The van der Waals surface area contributed by atoms with Gasteiger partial charge in [0.15, 0.2) is 0 Å². The normalized spacial score (nSPS) is 22.9. The number of halogens is 1. The maximum atomic E-state index is 14.3. The molecule has 9 atom stereocenters. The van der Waals surface area contributed by atoms with Crippen molar-refractivity contribution in [1.82, 2.24) is 31.5 Å². The van der Waals surface area contributed by atoms with Crippen LogP contribution in [0.3, 0.4) is 0 Å². The first-order chi connectivity index (χ1) is 37.8. The fourth-order valence-corrected chi connectivity index (χ4v) is 10.8. The largest absolute Gasteiger partial charge is 0.495 e. The summed E-state index contributed by atoms with van der Waals surface area (Å²) in [6.45, 7) is 18.1. The second-order valence-electron chi connectivity index (χ2n) is 23.5. The number of fused-ring (bicyclic) bond motifs is 3. The zero-order valence-electron chi connectivity index (χ0n) is 47.6. The van der Waals surface area contributed by atoms with E-state index >= 15 is 0 Å². The molecule has 4 aromatic rings. The van der Waals surface area contributed by atoms with Crippen molar-refractivity contribution < 1.29 is 52.9 Å². The molecule has 0 radical (unpaired) electrons. The van der Waals surface area contributed by atoms with Crippen molar-refractivity contribution in [3.63, 3.8) is 0 Å². The Balaban J connectivity index is 1.00. The summed E-state index contributed by atoms with van der Waals surface area (Å²) in [5.74, 6) is -3.84. The van der Waals surface area contributed by atoms with E-state index in [1.54, 1.807) is 65.8 Å². The number of esters is 1. The Bertz CT molecular complexity index is 2930. The molecule has 80 heavy (non-hydrogen) atoms. The third-order valence-electron chi connectivity index (χ3n) is 15.6. The number of amides is 6. The van der Waals surface area contributed by atoms with Crippen molar-refractivity contribution in [2.45, 2.75) is 149 Å². The molecule has 0 bridgehead atoms. The van der Waals surface area contributed by atoms with Gasteiger partial charge in [-0.25, -0.2) is 9.59 Å². The van der Waals surface area contributed by atoms with Gasteiger partial charge in [0.2, 0.25) is 29.5 Å². The summed E-state index contributed by atoms with van der Waals surface area (Å²) in [4.78, 5) is 97.5. The summed E-state index contributed by atoms with van der Waals surface area (Å²) in [5.41, 5.74) is 4.71. The Hall–Kier alpha value is -7.24. The van der Waals surface area contributed by atoms with E-state index in [2.05, 4.69) is 26.6 Å². The third-order valence-corrected chi connectivity index (χ3v) is 15.9. The number of rotatable bonds is 16. The molecule has 1 fully saturated rings. The van der Waals surface area contributed by atoms with Crippen LogP contribution in [0.4, 0.5) is 4.79 Å². The second-order valence-corrected chi connectivity index (χ2v) is 23.9. The lowest BCUT2D eigenvalue weighted by atomic mass is 9.82. The number of nitrogens with zero attached hydrogens (tertiary/aromatic N) is 1. The van der Waals surface area contributed by atoms with Gasteiger partial charge >= 0.3 is 12.1 Å². The van der Waals surface area contributed by atoms with Crippen LogP contribution in [0.2, 0.25) is 5.02 Å². The summed E-state index contributed by atoms with van der Waals surface area (Å²) >= 11 is 6.42. The zero-order chi connectivity index (χ0) is 58.4. The van der Waals surface area contributed by atoms with Crippen molar-refractivity contribution in [3.05, 3.63) is 136 Å². The van der Waals surface area contributed by atoms with E-state index in [1.807, 2.05) is 100 Å². The van der Waals surface area contributed by atoms with Gasteiger partial charge in [0.05, 0.1) is 23.7 Å². The van der Waals surface area contributed by atoms with E-state index in [-0.39, 0.29) is 44.4 Å². The molecule has 428 valence electrons. The van der Waals surface area contributed by atoms with E-state index in [4.69, 9.17) is 25.8 Å². The number of nitrogens with one attached hydrogen (secondary N) is 5. The van der Waals surface area contributed by atoms with Crippen LogP contribution in [0.25, 0.3) is 11.1 Å². The van der Waals surface area contributed by atoms with Crippen LogP contribution in [0.5, 0.6) is 5.75 Å². The molecular formula is C62H77ClN6O11. The van der Waals surface area contributed by atoms with Crippen molar-refractivity contribution in [3.8, 4) is 16.9 Å². The highest BCUT2D eigenvalue weighted by molar-refractivity contribution is 6.32. The molecule has 2 aliphatic heterocycles. The quantitative estimate of drug-likeness (QED) is 0.0460. The van der Waals surface area contributed by atoms with Crippen LogP contribution in [0.15, 0.2) is 103 Å². The average Bonchev–Trinajstić information content (AvgIpc) is 4.15. The fourth-order valence-electron chi connectivity index (χ4n) is 10.6. The molecule has 17 nitrogen and oxygen atoms in total. The molecule has 6 N–H and O–H groups in total. The van der Waals surface area contributed by atoms with Crippen LogP contribution in [-0.4, -0.2) is 108 Å². The number of carboxylic acid groups (broad SMARTS) is 1. The molecule has 4 aromatic carbocycles. The number of carbonyl (C=O) groups is 7. The number of ether oxygens (including phenoxy) is 3. The number of hydrogen-bond acceptors (Lipinski definition) is 10. The number of cyclic esters (lactones) is 1. The van der Waals surface area contributed by atoms with Gasteiger partial charge in [0.1, 0.15) is 42.1 Å². The fraction of sp³-hybridized carbons (Fsp3) is 0.468. The molecule has 18 heteroatoms. The maximum Gasteiger partial charge on any atom is 0.408 e. The second kappa shape index (κ2) is 25.5. The van der Waals surface area contributed by atoms with Crippen molar-refractivity contribution >= 4 is 53.2 Å². The average molecular weight is 1120 g/mol. The first-order valence-corrected chi connectivity index (χ1v) is 27.8. The van der Waals surface area contributed by atoms with Gasteiger partial charge in [-0.1, -0.05) is 138 Å². The van der Waals surface area contributed by atoms with E-state index in [0.29, 0.717) is 16.3 Å². The molecule has 6 amide bonds. The zero-order valence-corrected chi connectivity index (χ0v) is 48.3. The number of hydrogen-bond donors (Lipinski definition) is 6. The molecule has 0 spiro atoms. The molecule has 1 aliphatic carbocycles. The Labute approximate surface area is 474 Å². The predicted molar refractivity (Wildman–Crippen MR) is 304 cm³/mol. The Morgan fingerprint density at radius 3 is 2.06 bits per heavy atom. The molecule has 7 rings (SSSR count). The summed E-state index contributed by atoms with van der Waals surface area (Å²) in [7, 11) is 1.50. The highest BCUT2D eigenvalue weighted by Crippen LogP contribution is 2.47. The Kier molecular flexibility index (Phi) is 19.2. The lowest BCUT2D eigenvalue weighted by molar-refractivity contribution is -0.157. The van der Waals surface area contributed by atoms with Crippen molar-refractivity contribution in [2.24, 2.45) is 22.7 Å². The molecule has 1 unspecified atom stereocenters. The molecular weight excluding hydrogens is 1040 g/mol. The summed E-state index contributed by atoms with van der Waals surface area (Å²) in [6.07, 6.45) is 0.539. The summed E-state index contributed by atoms with van der Waals surface area (Å²) in [5, 5.41) is 25.2. The first-order valence-electron chi connectivity index (χ1n) is 27.4. The minimum Gasteiger partial charge on any atom is -0.495 e. The molecule has 0 saturated carbocycles. The summed E-state index contributed by atoms with van der Waals surface area (Å²) < 4.78 is 17.8. The van der Waals surface area contributed by atoms with Crippen LogP contribution >= 0.6 is 11.6 Å². The predicted octanol–water partition coefficient (Wildman–Crippen LogP) is 8.41. The van der Waals surface area contributed by atoms with Crippen LogP contribution in [-0.2, 0) is 51.2 Å². The minimum absolute atomic E-state index is 0.0543. The lowest BCUT2D eigenvalue weighted by Crippen LogP contribution is -2.58. The highest BCUT2D eigenvalue weighted by Gasteiger charge is 2.48.